The Bertz CT molecular complexity index is 831. The maximum Gasteiger partial charge on any atom is 0.230 e. The van der Waals surface area contributed by atoms with E-state index in [9.17, 15) is 5.11 Å². The van der Waals surface area contributed by atoms with Crippen molar-refractivity contribution in [1.29, 1.82) is 0 Å². The maximum absolute atomic E-state index is 10.6. The Balaban J connectivity index is 1.82. The summed E-state index contributed by atoms with van der Waals surface area (Å²) in [5, 5.41) is 14.9. The summed E-state index contributed by atoms with van der Waals surface area (Å²) in [6, 6.07) is 3.76. The van der Waals surface area contributed by atoms with Gasteiger partial charge in [-0.2, -0.15) is 4.52 Å². The topological polar surface area (TPSA) is 76.0 Å². The van der Waals surface area contributed by atoms with E-state index in [1.165, 1.54) is 15.9 Å². The van der Waals surface area contributed by atoms with Crippen molar-refractivity contribution in [2.45, 2.75) is 19.9 Å². The summed E-state index contributed by atoms with van der Waals surface area (Å²) in [6.45, 7) is 6.67. The van der Waals surface area contributed by atoms with Crippen LogP contribution in [0.1, 0.15) is 28.3 Å². The number of hydrogen-bond donors (Lipinski definition) is 1. The molecule has 1 aliphatic rings. The SMILES string of the molecule is Cc1nc2sc([C@@H](c3ccc(C)o3)N3CCOCC3)c(O)n2n1. The molecule has 8 heteroatoms. The lowest BCUT2D eigenvalue weighted by Crippen LogP contribution is -2.39. The molecule has 0 amide bonds. The Morgan fingerprint density at radius 3 is 2.70 bits per heavy atom. The fourth-order valence-corrected chi connectivity index (χ4v) is 4.08. The molecule has 0 bridgehead atoms. The van der Waals surface area contributed by atoms with Crippen molar-refractivity contribution < 1.29 is 14.3 Å². The molecule has 7 nitrogen and oxygen atoms in total. The van der Waals surface area contributed by atoms with Crippen molar-refractivity contribution in [3.8, 4) is 5.88 Å². The lowest BCUT2D eigenvalue weighted by atomic mass is 10.1. The zero-order valence-electron chi connectivity index (χ0n) is 13.0. The van der Waals surface area contributed by atoms with Gasteiger partial charge in [-0.3, -0.25) is 4.90 Å². The first kappa shape index (κ1) is 14.7. The van der Waals surface area contributed by atoms with Crippen LogP contribution in [0.4, 0.5) is 0 Å². The molecule has 1 fully saturated rings. The van der Waals surface area contributed by atoms with Crippen LogP contribution >= 0.6 is 11.3 Å². The average Bonchev–Trinajstić information content (AvgIpc) is 3.19. The smallest absolute Gasteiger partial charge is 0.230 e. The van der Waals surface area contributed by atoms with Crippen molar-refractivity contribution in [3.63, 3.8) is 0 Å². The van der Waals surface area contributed by atoms with Crippen LogP contribution in [-0.4, -0.2) is 50.9 Å². The number of morpholine rings is 1. The summed E-state index contributed by atoms with van der Waals surface area (Å²) in [5.41, 5.74) is 0. The van der Waals surface area contributed by atoms with Gasteiger partial charge < -0.3 is 14.3 Å². The summed E-state index contributed by atoms with van der Waals surface area (Å²) in [4.78, 5) is 8.11. The summed E-state index contributed by atoms with van der Waals surface area (Å²) in [7, 11) is 0. The third kappa shape index (κ3) is 2.52. The molecule has 4 rings (SSSR count). The van der Waals surface area contributed by atoms with E-state index in [2.05, 4.69) is 15.0 Å². The van der Waals surface area contributed by atoms with Crippen molar-refractivity contribution in [1.82, 2.24) is 19.5 Å². The molecule has 1 atom stereocenters. The molecule has 0 radical (unpaired) electrons. The number of nitrogens with zero attached hydrogens (tertiary/aromatic N) is 4. The quantitative estimate of drug-likeness (QED) is 0.791. The van der Waals surface area contributed by atoms with Gasteiger partial charge in [-0.1, -0.05) is 11.3 Å². The summed E-state index contributed by atoms with van der Waals surface area (Å²) in [5.74, 6) is 2.46. The summed E-state index contributed by atoms with van der Waals surface area (Å²) < 4.78 is 12.8. The Morgan fingerprint density at radius 2 is 2.04 bits per heavy atom. The van der Waals surface area contributed by atoms with Crippen LogP contribution < -0.4 is 0 Å². The fourth-order valence-electron chi connectivity index (χ4n) is 2.94. The van der Waals surface area contributed by atoms with Crippen LogP contribution in [-0.2, 0) is 4.74 Å². The molecular formula is C15H18N4O3S. The first-order valence-electron chi connectivity index (χ1n) is 7.56. The van der Waals surface area contributed by atoms with E-state index in [1.54, 1.807) is 0 Å². The van der Waals surface area contributed by atoms with E-state index in [1.807, 2.05) is 26.0 Å². The van der Waals surface area contributed by atoms with Gasteiger partial charge in [-0.25, -0.2) is 4.98 Å². The molecule has 1 N–H and O–H groups in total. The van der Waals surface area contributed by atoms with Gasteiger partial charge >= 0.3 is 0 Å². The number of fused-ring (bicyclic) bond motifs is 1. The van der Waals surface area contributed by atoms with Crippen LogP contribution in [0.2, 0.25) is 0 Å². The molecular weight excluding hydrogens is 316 g/mol. The largest absolute Gasteiger partial charge is 0.492 e. The van der Waals surface area contributed by atoms with Gasteiger partial charge in [-0.05, 0) is 26.0 Å². The predicted octanol–water partition coefficient (Wildman–Crippen LogP) is 2.13. The molecule has 1 saturated heterocycles. The minimum atomic E-state index is -0.151. The van der Waals surface area contributed by atoms with E-state index in [-0.39, 0.29) is 11.9 Å². The number of furan rings is 1. The Labute approximate surface area is 137 Å². The van der Waals surface area contributed by atoms with Gasteiger partial charge in [0.25, 0.3) is 0 Å². The van der Waals surface area contributed by atoms with Crippen LogP contribution in [0.15, 0.2) is 16.5 Å². The zero-order chi connectivity index (χ0) is 16.0. The van der Waals surface area contributed by atoms with Crippen LogP contribution in [0.5, 0.6) is 5.88 Å². The number of aromatic hydroxyl groups is 1. The molecule has 0 saturated carbocycles. The van der Waals surface area contributed by atoms with Gasteiger partial charge in [0.1, 0.15) is 23.4 Å². The number of aryl methyl sites for hydroxylation is 2. The molecule has 0 unspecified atom stereocenters. The second-order valence-corrected chi connectivity index (χ2v) is 6.65. The number of thiazole rings is 1. The Kier molecular flexibility index (Phi) is 3.59. The van der Waals surface area contributed by atoms with Crippen molar-refractivity contribution in [2.75, 3.05) is 26.3 Å². The van der Waals surface area contributed by atoms with Gasteiger partial charge in [-0.15, -0.1) is 5.10 Å². The third-order valence-electron chi connectivity index (χ3n) is 4.00. The van der Waals surface area contributed by atoms with Gasteiger partial charge in [0.15, 0.2) is 0 Å². The van der Waals surface area contributed by atoms with E-state index in [4.69, 9.17) is 9.15 Å². The summed E-state index contributed by atoms with van der Waals surface area (Å²) in [6.07, 6.45) is 0. The molecule has 3 aromatic rings. The van der Waals surface area contributed by atoms with Crippen molar-refractivity contribution >= 4 is 16.3 Å². The van der Waals surface area contributed by atoms with Gasteiger partial charge in [0.2, 0.25) is 10.8 Å². The average molecular weight is 334 g/mol. The van der Waals surface area contributed by atoms with Crippen LogP contribution in [0.3, 0.4) is 0 Å². The lowest BCUT2D eigenvalue weighted by Gasteiger charge is -2.32. The second kappa shape index (κ2) is 5.63. The fraction of sp³-hybridized carbons (Fsp3) is 0.467. The number of hydrogen-bond acceptors (Lipinski definition) is 7. The second-order valence-electron chi connectivity index (χ2n) is 5.64. The molecule has 3 aromatic heterocycles. The molecule has 0 aliphatic carbocycles. The van der Waals surface area contributed by atoms with Gasteiger partial charge in [0, 0.05) is 13.1 Å². The van der Waals surface area contributed by atoms with Gasteiger partial charge in [0.05, 0.1) is 18.1 Å². The van der Waals surface area contributed by atoms with E-state index in [0.717, 1.165) is 29.5 Å². The van der Waals surface area contributed by atoms with E-state index < -0.39 is 0 Å². The highest BCUT2D eigenvalue weighted by Gasteiger charge is 2.32. The lowest BCUT2D eigenvalue weighted by molar-refractivity contribution is 0.0202. The number of ether oxygens (including phenoxy) is 1. The maximum atomic E-state index is 10.6. The summed E-state index contributed by atoms with van der Waals surface area (Å²) >= 11 is 1.45. The Hall–Kier alpha value is -1.90. The molecule has 1 aliphatic heterocycles. The molecule has 0 spiro atoms. The van der Waals surface area contributed by atoms with E-state index in [0.29, 0.717) is 24.0 Å². The molecule has 122 valence electrons. The first-order chi connectivity index (χ1) is 11.1. The van der Waals surface area contributed by atoms with Crippen molar-refractivity contribution in [2.24, 2.45) is 0 Å². The number of rotatable bonds is 3. The van der Waals surface area contributed by atoms with Crippen molar-refractivity contribution in [3.05, 3.63) is 34.4 Å². The van der Waals surface area contributed by atoms with Crippen LogP contribution in [0, 0.1) is 13.8 Å². The molecule has 0 aromatic carbocycles. The predicted molar refractivity (Wildman–Crippen MR) is 84.9 cm³/mol. The Morgan fingerprint density at radius 1 is 1.26 bits per heavy atom. The van der Waals surface area contributed by atoms with E-state index >= 15 is 0 Å². The van der Waals surface area contributed by atoms with Crippen LogP contribution in [0.25, 0.3) is 4.96 Å². The first-order valence-corrected chi connectivity index (χ1v) is 8.38. The standard InChI is InChI=1S/C15H18N4O3S/c1-9-3-4-11(22-9)12(18-5-7-21-8-6-18)13-14(20)19-15(23-13)16-10(2)17-19/h3-4,12,20H,5-8H2,1-2H3/t12-/m1/s1. The molecule has 4 heterocycles. The normalized spacial score (nSPS) is 17.8. The number of aromatic nitrogens is 3. The minimum absolute atomic E-state index is 0.135. The highest BCUT2D eigenvalue weighted by molar-refractivity contribution is 7.17. The zero-order valence-corrected chi connectivity index (χ0v) is 13.8. The highest BCUT2D eigenvalue weighted by atomic mass is 32.1. The highest BCUT2D eigenvalue weighted by Crippen LogP contribution is 2.40. The monoisotopic (exact) mass is 334 g/mol. The third-order valence-corrected chi connectivity index (χ3v) is 5.07. The minimum Gasteiger partial charge on any atom is -0.492 e. The molecule has 23 heavy (non-hydrogen) atoms.